The molecule has 9 rings (SSSR count). The Morgan fingerprint density at radius 2 is 1.47 bits per heavy atom. The molecule has 0 bridgehead atoms. The third kappa shape index (κ3) is 15.4. The molecular weight excluding hydrogens is 1070 g/mol. The zero-order chi connectivity index (χ0) is 56.5. The SMILES string of the molecule is CCCC[C@H](NC(=O)CCOCCOCCOCCC(=O)N1CCN(c2ccc(-c3ccc4c(c3)C(=O)N(C(C(=O)Nc3nccs3)c3ccccc3)C4)cc2)CC1)C(=O)N1CCC[C@H]1C(=O)NCc1ccc(-c2scnc2C)cc1. The van der Waals surface area contributed by atoms with E-state index in [9.17, 15) is 28.8 Å². The summed E-state index contributed by atoms with van der Waals surface area (Å²) in [5.74, 6) is -1.18. The third-order valence-electron chi connectivity index (χ3n) is 14.9. The molecular formula is C61H71N9O9S2. The van der Waals surface area contributed by atoms with Gasteiger partial charge in [0.05, 0.1) is 62.1 Å². The maximum Gasteiger partial charge on any atom is 0.255 e. The summed E-state index contributed by atoms with van der Waals surface area (Å²) in [5.41, 5.74) is 9.96. The molecule has 426 valence electrons. The van der Waals surface area contributed by atoms with Crippen molar-refractivity contribution in [2.45, 2.75) is 90.0 Å². The molecule has 3 N–H and O–H groups in total. The molecule has 0 spiro atoms. The number of hydrogen-bond acceptors (Lipinski definition) is 14. The molecule has 0 saturated carbocycles. The first-order chi connectivity index (χ1) is 39.5. The van der Waals surface area contributed by atoms with Crippen LogP contribution >= 0.6 is 22.7 Å². The van der Waals surface area contributed by atoms with Crippen LogP contribution in [0.15, 0.2) is 114 Å². The van der Waals surface area contributed by atoms with Crippen molar-refractivity contribution in [1.82, 2.24) is 35.3 Å². The molecule has 5 heterocycles. The lowest BCUT2D eigenvalue weighted by Crippen LogP contribution is -2.53. The fraction of sp³-hybridized carbons (Fsp3) is 0.410. The van der Waals surface area contributed by atoms with Gasteiger partial charge in [0.25, 0.3) is 11.8 Å². The number of amides is 6. The summed E-state index contributed by atoms with van der Waals surface area (Å²) >= 11 is 2.92. The molecule has 2 aromatic heterocycles. The van der Waals surface area contributed by atoms with Crippen molar-refractivity contribution < 1.29 is 43.0 Å². The van der Waals surface area contributed by atoms with Crippen LogP contribution in [0.25, 0.3) is 21.6 Å². The Hall–Kier alpha value is -7.36. The molecule has 2 fully saturated rings. The van der Waals surface area contributed by atoms with Gasteiger partial charge in [0.15, 0.2) is 5.13 Å². The van der Waals surface area contributed by atoms with Gasteiger partial charge >= 0.3 is 0 Å². The van der Waals surface area contributed by atoms with E-state index in [1.54, 1.807) is 32.7 Å². The van der Waals surface area contributed by atoms with Crippen LogP contribution < -0.4 is 20.9 Å². The molecule has 2 saturated heterocycles. The van der Waals surface area contributed by atoms with Gasteiger partial charge in [-0.1, -0.05) is 98.6 Å². The highest BCUT2D eigenvalue weighted by Gasteiger charge is 2.39. The number of nitrogens with zero attached hydrogens (tertiary/aromatic N) is 6. The van der Waals surface area contributed by atoms with E-state index >= 15 is 0 Å². The van der Waals surface area contributed by atoms with Crippen molar-refractivity contribution >= 4 is 68.9 Å². The van der Waals surface area contributed by atoms with Crippen molar-refractivity contribution in [3.8, 4) is 21.6 Å². The second-order valence-corrected chi connectivity index (χ2v) is 22.1. The van der Waals surface area contributed by atoms with Crippen molar-refractivity contribution in [2.24, 2.45) is 0 Å². The summed E-state index contributed by atoms with van der Waals surface area (Å²) in [5, 5.41) is 11.1. The number of piperazine rings is 1. The fourth-order valence-corrected chi connectivity index (χ4v) is 11.8. The van der Waals surface area contributed by atoms with Crippen LogP contribution in [0.1, 0.15) is 90.7 Å². The zero-order valence-corrected chi connectivity index (χ0v) is 47.7. The molecule has 18 nitrogen and oxygen atoms in total. The summed E-state index contributed by atoms with van der Waals surface area (Å²) < 4.78 is 17.0. The van der Waals surface area contributed by atoms with Gasteiger partial charge in [0, 0.05) is 75.1 Å². The number of rotatable bonds is 27. The Kier molecular flexibility index (Phi) is 20.8. The lowest BCUT2D eigenvalue weighted by molar-refractivity contribution is -0.141. The number of anilines is 2. The van der Waals surface area contributed by atoms with E-state index in [1.165, 1.54) is 11.3 Å². The largest absolute Gasteiger partial charge is 0.379 e. The number of carbonyl (C=O) groups excluding carboxylic acids is 6. The minimum atomic E-state index is -0.826. The number of aromatic nitrogens is 2. The molecule has 0 radical (unpaired) electrons. The van der Waals surface area contributed by atoms with Gasteiger partial charge in [-0.2, -0.15) is 0 Å². The van der Waals surface area contributed by atoms with Crippen LogP contribution in [0.3, 0.4) is 0 Å². The number of nitrogens with one attached hydrogen (secondary N) is 3. The predicted octanol–water partition coefficient (Wildman–Crippen LogP) is 8.04. The molecule has 3 aliphatic rings. The summed E-state index contributed by atoms with van der Waals surface area (Å²) in [6.45, 7) is 9.45. The van der Waals surface area contributed by atoms with Crippen molar-refractivity contribution in [3.63, 3.8) is 0 Å². The Labute approximate surface area is 481 Å². The zero-order valence-electron chi connectivity index (χ0n) is 46.0. The lowest BCUT2D eigenvalue weighted by atomic mass is 10.00. The van der Waals surface area contributed by atoms with Gasteiger partial charge in [-0.15, -0.1) is 22.7 Å². The first-order valence-electron chi connectivity index (χ1n) is 28.0. The number of hydrogen-bond donors (Lipinski definition) is 3. The lowest BCUT2D eigenvalue weighted by Gasteiger charge is -2.36. The Morgan fingerprint density at radius 1 is 0.765 bits per heavy atom. The summed E-state index contributed by atoms with van der Waals surface area (Å²) in [4.78, 5) is 98.0. The van der Waals surface area contributed by atoms with Crippen LogP contribution in [-0.2, 0) is 51.3 Å². The number of unbranched alkanes of at least 4 members (excludes halogenated alkanes) is 1. The van der Waals surface area contributed by atoms with Crippen LogP contribution in [0.2, 0.25) is 0 Å². The highest BCUT2D eigenvalue weighted by Crippen LogP contribution is 2.36. The Morgan fingerprint density at radius 3 is 2.16 bits per heavy atom. The minimum Gasteiger partial charge on any atom is -0.379 e. The summed E-state index contributed by atoms with van der Waals surface area (Å²) in [6, 6.07) is 29.4. The molecule has 1 unspecified atom stereocenters. The van der Waals surface area contributed by atoms with Gasteiger partial charge in [-0.3, -0.25) is 34.1 Å². The van der Waals surface area contributed by atoms with Gasteiger partial charge in [-0.25, -0.2) is 9.97 Å². The monoisotopic (exact) mass is 1140 g/mol. The average Bonchev–Trinajstić information content (AvgIpc) is 4.47. The van der Waals surface area contributed by atoms with Crippen LogP contribution in [0.4, 0.5) is 10.8 Å². The molecule has 3 atom stereocenters. The van der Waals surface area contributed by atoms with E-state index in [0.717, 1.165) is 62.5 Å². The molecule has 0 aliphatic carbocycles. The minimum absolute atomic E-state index is 0.0455. The van der Waals surface area contributed by atoms with Crippen LogP contribution in [0, 0.1) is 6.92 Å². The normalized spacial score (nSPS) is 15.8. The summed E-state index contributed by atoms with van der Waals surface area (Å²) in [6.07, 6.45) is 5.38. The van der Waals surface area contributed by atoms with Gasteiger partial charge in [-0.05, 0) is 77.8 Å². The Bertz CT molecular complexity index is 3060. The van der Waals surface area contributed by atoms with Crippen LogP contribution in [0.5, 0.6) is 0 Å². The summed E-state index contributed by atoms with van der Waals surface area (Å²) in [7, 11) is 0. The van der Waals surface area contributed by atoms with Gasteiger partial charge < -0.3 is 44.4 Å². The highest BCUT2D eigenvalue weighted by molar-refractivity contribution is 7.14. The maximum absolute atomic E-state index is 14.0. The first kappa shape index (κ1) is 58.3. The second kappa shape index (κ2) is 28.9. The number of fused-ring (bicyclic) bond motifs is 1. The molecule has 6 aromatic rings. The van der Waals surface area contributed by atoms with Crippen molar-refractivity contribution in [3.05, 3.63) is 142 Å². The standard InChI is InChI=1S/C61H71N9O9S2/c1-3-4-11-51(60(76)69-26-8-12-52(69)57(73)63-39-43-13-15-46(16-14-43)56-42(2)64-41-81-56)65-53(71)23-31-77-33-35-79-36-34-78-32-24-54(72)68-29-27-67(28-30-68)49-21-19-44(20-22-49)47-17-18-48-40-70(59(75)50(48)38-47)55(45-9-6-5-7-10-45)58(74)66-61-62-25-37-80-61/h5-7,9-10,13-22,25,37-38,41,51-52,55H,3-4,8,11-12,23-24,26-36,39-40H2,1-2H3,(H,63,73)(H,65,71)(H,62,66,74)/t51-,52-,55?/m0/s1. The number of thiazole rings is 2. The van der Waals surface area contributed by atoms with Crippen LogP contribution in [-0.4, -0.2) is 145 Å². The van der Waals surface area contributed by atoms with E-state index in [1.807, 2.05) is 97.1 Å². The fourth-order valence-electron chi connectivity index (χ4n) is 10.5. The van der Waals surface area contributed by atoms with Gasteiger partial charge in [0.2, 0.25) is 23.6 Å². The highest BCUT2D eigenvalue weighted by atomic mass is 32.1. The molecule has 20 heteroatoms. The topological polar surface area (TPSA) is 205 Å². The number of benzene rings is 4. The van der Waals surface area contributed by atoms with Crippen molar-refractivity contribution in [2.75, 3.05) is 82.6 Å². The smallest absolute Gasteiger partial charge is 0.255 e. The molecule has 81 heavy (non-hydrogen) atoms. The molecule has 3 aliphatic heterocycles. The first-order valence-corrected chi connectivity index (χ1v) is 29.7. The van der Waals surface area contributed by atoms with Crippen molar-refractivity contribution in [1.29, 1.82) is 0 Å². The number of ether oxygens (including phenoxy) is 3. The third-order valence-corrected chi connectivity index (χ3v) is 16.6. The molecule has 6 amide bonds. The maximum atomic E-state index is 14.0. The van der Waals surface area contributed by atoms with E-state index in [-0.39, 0.29) is 68.1 Å². The van der Waals surface area contributed by atoms with Gasteiger partial charge in [0.1, 0.15) is 18.1 Å². The van der Waals surface area contributed by atoms with E-state index < -0.39 is 18.1 Å². The number of carbonyl (C=O) groups is 6. The predicted molar refractivity (Wildman–Crippen MR) is 312 cm³/mol. The quantitative estimate of drug-likeness (QED) is 0.0420. The number of aryl methyl sites for hydroxylation is 1. The van der Waals surface area contributed by atoms with E-state index in [4.69, 9.17) is 14.2 Å². The second-order valence-electron chi connectivity index (χ2n) is 20.3. The van der Waals surface area contributed by atoms with E-state index in [0.29, 0.717) is 95.6 Å². The number of likely N-dealkylation sites (tertiary alicyclic amines) is 1. The van der Waals surface area contributed by atoms with E-state index in [2.05, 4.69) is 55.1 Å². The Balaban J connectivity index is 0.620. The average molecular weight is 1140 g/mol. The molecule has 4 aromatic carbocycles.